The van der Waals surface area contributed by atoms with Crippen molar-refractivity contribution in [3.8, 4) is 5.75 Å². The van der Waals surface area contributed by atoms with Gasteiger partial charge in [0.1, 0.15) is 5.75 Å². The summed E-state index contributed by atoms with van der Waals surface area (Å²) in [6, 6.07) is 7.93. The van der Waals surface area contributed by atoms with Crippen molar-refractivity contribution in [1.29, 1.82) is 0 Å². The first-order valence-corrected chi connectivity index (χ1v) is 10.0. The highest BCUT2D eigenvalue weighted by atomic mass is 16.5. The Kier molecular flexibility index (Phi) is 7.14. The molecule has 154 valence electrons. The van der Waals surface area contributed by atoms with Crippen molar-refractivity contribution < 1.29 is 14.3 Å². The number of guanidine groups is 1. The van der Waals surface area contributed by atoms with Crippen LogP contribution >= 0.6 is 0 Å². The molecule has 7 nitrogen and oxygen atoms in total. The topological polar surface area (TPSA) is 66.4 Å². The summed E-state index contributed by atoms with van der Waals surface area (Å²) in [5.74, 6) is 2.21. The highest BCUT2D eigenvalue weighted by Gasteiger charge is 2.33. The number of hydrogen-bond donors (Lipinski definition) is 1. The van der Waals surface area contributed by atoms with Crippen LogP contribution in [0.3, 0.4) is 0 Å². The van der Waals surface area contributed by atoms with Crippen LogP contribution in [-0.2, 0) is 16.1 Å². The van der Waals surface area contributed by atoms with E-state index in [0.29, 0.717) is 18.6 Å². The molecule has 2 atom stereocenters. The maximum atomic E-state index is 12.1. The minimum absolute atomic E-state index is 0.0352. The summed E-state index contributed by atoms with van der Waals surface area (Å²) in [6.45, 7) is 3.51. The number of carbonyl (C=O) groups is 1. The van der Waals surface area contributed by atoms with Gasteiger partial charge in [-0.3, -0.25) is 4.79 Å². The molecule has 3 rings (SSSR count). The number of benzene rings is 1. The molecule has 2 aliphatic rings. The van der Waals surface area contributed by atoms with E-state index >= 15 is 0 Å². The lowest BCUT2D eigenvalue weighted by Crippen LogP contribution is -2.53. The number of amides is 1. The molecule has 1 N–H and O–H groups in total. The van der Waals surface area contributed by atoms with Crippen molar-refractivity contribution in [2.24, 2.45) is 10.9 Å². The van der Waals surface area contributed by atoms with E-state index in [-0.39, 0.29) is 12.5 Å². The van der Waals surface area contributed by atoms with Gasteiger partial charge in [-0.25, -0.2) is 4.99 Å². The monoisotopic (exact) mass is 388 g/mol. The van der Waals surface area contributed by atoms with E-state index in [1.165, 1.54) is 6.42 Å². The molecule has 2 unspecified atom stereocenters. The van der Waals surface area contributed by atoms with Gasteiger partial charge >= 0.3 is 0 Å². The normalized spacial score (nSPS) is 22.4. The number of hydrogen-bond acceptors (Lipinski definition) is 4. The molecule has 1 aromatic rings. The number of nitrogens with zero attached hydrogens (tertiary/aromatic N) is 3. The van der Waals surface area contributed by atoms with Crippen molar-refractivity contribution in [1.82, 2.24) is 15.1 Å². The molecule has 1 aromatic carbocycles. The number of aliphatic imine (C=N–C) groups is 1. The first-order valence-electron chi connectivity index (χ1n) is 10.0. The number of likely N-dealkylation sites (tertiary alicyclic amines) is 1. The molecule has 2 saturated heterocycles. The van der Waals surface area contributed by atoms with Crippen molar-refractivity contribution in [3.05, 3.63) is 29.8 Å². The third kappa shape index (κ3) is 5.38. The highest BCUT2D eigenvalue weighted by molar-refractivity contribution is 5.86. The third-order valence-corrected chi connectivity index (χ3v) is 5.48. The second kappa shape index (κ2) is 9.78. The Hall–Kier alpha value is -2.28. The zero-order valence-corrected chi connectivity index (χ0v) is 17.2. The number of rotatable bonds is 5. The molecule has 0 spiro atoms. The average Bonchev–Trinajstić information content (AvgIpc) is 2.73. The number of ether oxygens (including phenoxy) is 2. The molecule has 7 heteroatoms. The van der Waals surface area contributed by atoms with Crippen molar-refractivity contribution in [2.45, 2.75) is 31.9 Å². The minimum atomic E-state index is 0.0352. The maximum absolute atomic E-state index is 12.1. The number of methoxy groups -OCH3 is 1. The van der Waals surface area contributed by atoms with E-state index in [1.54, 1.807) is 26.1 Å². The molecule has 2 aliphatic heterocycles. The first kappa shape index (κ1) is 20.5. The van der Waals surface area contributed by atoms with Crippen LogP contribution in [0.25, 0.3) is 0 Å². The fourth-order valence-corrected chi connectivity index (χ4v) is 3.76. The zero-order chi connectivity index (χ0) is 19.9. The van der Waals surface area contributed by atoms with E-state index in [4.69, 9.17) is 14.5 Å². The quantitative estimate of drug-likeness (QED) is 0.615. The van der Waals surface area contributed by atoms with Crippen LogP contribution in [0.4, 0.5) is 0 Å². The summed E-state index contributed by atoms with van der Waals surface area (Å²) in [7, 11) is 5.20. The SMILES string of the molecule is COc1ccc(CN=C(NCC(=O)N(C)C)N2CCC3OCCCC3C2)cc1. The lowest BCUT2D eigenvalue weighted by atomic mass is 9.88. The number of piperidine rings is 1. The summed E-state index contributed by atoms with van der Waals surface area (Å²) in [5.41, 5.74) is 1.11. The van der Waals surface area contributed by atoms with Gasteiger partial charge in [0, 0.05) is 39.7 Å². The van der Waals surface area contributed by atoms with Gasteiger partial charge in [0.15, 0.2) is 5.96 Å². The number of carbonyl (C=O) groups excluding carboxylic acids is 1. The fraction of sp³-hybridized carbons (Fsp3) is 0.619. The molecular weight excluding hydrogens is 356 g/mol. The van der Waals surface area contributed by atoms with Gasteiger partial charge in [-0.1, -0.05) is 12.1 Å². The Labute approximate surface area is 167 Å². The minimum Gasteiger partial charge on any atom is -0.497 e. The van der Waals surface area contributed by atoms with Gasteiger partial charge in [0.25, 0.3) is 0 Å². The fourth-order valence-electron chi connectivity index (χ4n) is 3.76. The van der Waals surface area contributed by atoms with Crippen molar-refractivity contribution >= 4 is 11.9 Å². The predicted molar refractivity (Wildman–Crippen MR) is 109 cm³/mol. The molecule has 0 aliphatic carbocycles. The average molecular weight is 389 g/mol. The second-order valence-electron chi connectivity index (χ2n) is 7.68. The van der Waals surface area contributed by atoms with Crippen LogP contribution in [0.1, 0.15) is 24.8 Å². The van der Waals surface area contributed by atoms with E-state index in [9.17, 15) is 4.79 Å². The molecule has 0 saturated carbocycles. The molecule has 1 amide bonds. The van der Waals surface area contributed by atoms with Gasteiger partial charge in [-0.05, 0) is 37.0 Å². The zero-order valence-electron chi connectivity index (χ0n) is 17.2. The van der Waals surface area contributed by atoms with Gasteiger partial charge < -0.3 is 24.6 Å². The van der Waals surface area contributed by atoms with Crippen molar-refractivity contribution in [2.75, 3.05) is 47.4 Å². The van der Waals surface area contributed by atoms with E-state index in [1.807, 2.05) is 24.3 Å². The van der Waals surface area contributed by atoms with E-state index in [0.717, 1.165) is 49.8 Å². The number of nitrogens with one attached hydrogen (secondary N) is 1. The van der Waals surface area contributed by atoms with Gasteiger partial charge in [0.2, 0.25) is 5.91 Å². The van der Waals surface area contributed by atoms with Crippen LogP contribution in [-0.4, -0.2) is 75.2 Å². The number of likely N-dealkylation sites (N-methyl/N-ethyl adjacent to an activating group) is 1. The molecular formula is C21H32N4O3. The van der Waals surface area contributed by atoms with Crippen molar-refractivity contribution in [3.63, 3.8) is 0 Å². The molecule has 0 aromatic heterocycles. The van der Waals surface area contributed by atoms with E-state index < -0.39 is 0 Å². The van der Waals surface area contributed by atoms with Crippen LogP contribution in [0.15, 0.2) is 29.3 Å². The third-order valence-electron chi connectivity index (χ3n) is 5.48. The molecule has 2 heterocycles. The lowest BCUT2D eigenvalue weighted by molar-refractivity contribution is -0.127. The summed E-state index contributed by atoms with van der Waals surface area (Å²) in [6.07, 6.45) is 3.70. The largest absolute Gasteiger partial charge is 0.497 e. The van der Waals surface area contributed by atoms with Gasteiger partial charge in [-0.2, -0.15) is 0 Å². The highest BCUT2D eigenvalue weighted by Crippen LogP contribution is 2.28. The lowest BCUT2D eigenvalue weighted by Gasteiger charge is -2.42. The smallest absolute Gasteiger partial charge is 0.241 e. The summed E-state index contributed by atoms with van der Waals surface area (Å²) < 4.78 is 11.1. The van der Waals surface area contributed by atoms with Gasteiger partial charge in [0.05, 0.1) is 26.3 Å². The second-order valence-corrected chi connectivity index (χ2v) is 7.68. The standard InChI is InChI=1S/C21H32N4O3/c1-24(2)20(26)14-23-21(22-13-16-6-8-18(27-3)9-7-16)25-11-10-19-17(15-25)5-4-12-28-19/h6-9,17,19H,4-5,10-15H2,1-3H3,(H,22,23). The Bertz CT molecular complexity index is 675. The molecule has 28 heavy (non-hydrogen) atoms. The Morgan fingerprint density at radius 3 is 2.82 bits per heavy atom. The molecule has 2 fully saturated rings. The maximum Gasteiger partial charge on any atom is 0.241 e. The summed E-state index contributed by atoms with van der Waals surface area (Å²) >= 11 is 0. The summed E-state index contributed by atoms with van der Waals surface area (Å²) in [5, 5.41) is 3.28. The Balaban J connectivity index is 1.69. The number of fused-ring (bicyclic) bond motifs is 1. The van der Waals surface area contributed by atoms with Crippen LogP contribution in [0.5, 0.6) is 5.75 Å². The molecule has 0 bridgehead atoms. The predicted octanol–water partition coefficient (Wildman–Crippen LogP) is 1.73. The van der Waals surface area contributed by atoms with Crippen LogP contribution in [0, 0.1) is 5.92 Å². The summed E-state index contributed by atoms with van der Waals surface area (Å²) in [4.78, 5) is 20.8. The van der Waals surface area contributed by atoms with Gasteiger partial charge in [-0.15, -0.1) is 0 Å². The van der Waals surface area contributed by atoms with Crippen LogP contribution in [0.2, 0.25) is 0 Å². The first-order chi connectivity index (χ1) is 13.6. The van der Waals surface area contributed by atoms with Crippen LogP contribution < -0.4 is 10.1 Å². The van der Waals surface area contributed by atoms with E-state index in [2.05, 4.69) is 10.2 Å². The Morgan fingerprint density at radius 1 is 1.32 bits per heavy atom. The molecule has 0 radical (unpaired) electrons. The Morgan fingerprint density at radius 2 is 2.11 bits per heavy atom.